The van der Waals surface area contributed by atoms with Gasteiger partial charge in [-0.25, -0.2) is 14.6 Å². The minimum Gasteiger partial charge on any atom is -0.476 e. The molecule has 3 N–H and O–H groups in total. The Kier molecular flexibility index (Phi) is 7.89. The molecule has 4 rings (SSSR count). The predicted octanol–water partition coefficient (Wildman–Crippen LogP) is 4.13. The van der Waals surface area contributed by atoms with Crippen molar-refractivity contribution in [3.63, 3.8) is 0 Å². The van der Waals surface area contributed by atoms with Crippen LogP contribution in [0.5, 0.6) is 0 Å². The molecule has 10 heteroatoms. The molecular formula is C27H24N4O5S. The van der Waals surface area contributed by atoms with Crippen LogP contribution in [0.3, 0.4) is 0 Å². The van der Waals surface area contributed by atoms with Crippen molar-refractivity contribution in [3.05, 3.63) is 95.0 Å². The summed E-state index contributed by atoms with van der Waals surface area (Å²) in [6, 6.07) is 19.9. The first-order valence-electron chi connectivity index (χ1n) is 11.4. The first-order valence-corrected chi connectivity index (χ1v) is 12.2. The van der Waals surface area contributed by atoms with Crippen LogP contribution in [0.25, 0.3) is 10.8 Å². The van der Waals surface area contributed by atoms with E-state index < -0.39 is 30.0 Å². The average Bonchev–Trinajstić information content (AvgIpc) is 3.39. The molecule has 0 aliphatic carbocycles. The number of likely N-dealkylation sites (N-methyl/N-ethyl adjacent to an activating group) is 1. The molecule has 1 aromatic heterocycles. The number of carbonyl (C=O) groups is 4. The van der Waals surface area contributed by atoms with Crippen molar-refractivity contribution in [1.82, 2.24) is 15.2 Å². The second kappa shape index (κ2) is 11.4. The number of carboxylic acids is 1. The van der Waals surface area contributed by atoms with Gasteiger partial charge in [0, 0.05) is 18.8 Å². The van der Waals surface area contributed by atoms with Gasteiger partial charge in [0.25, 0.3) is 0 Å². The van der Waals surface area contributed by atoms with Crippen molar-refractivity contribution in [2.45, 2.75) is 18.5 Å². The zero-order valence-corrected chi connectivity index (χ0v) is 20.6. The number of nitrogens with one attached hydrogen (secondary N) is 2. The normalized spacial score (nSPS) is 12.4. The van der Waals surface area contributed by atoms with Crippen LogP contribution < -0.4 is 10.6 Å². The maximum atomic E-state index is 13.3. The molecule has 0 radical (unpaired) electrons. The van der Waals surface area contributed by atoms with Gasteiger partial charge in [-0.1, -0.05) is 72.8 Å². The van der Waals surface area contributed by atoms with Crippen LogP contribution in [-0.4, -0.2) is 52.3 Å². The summed E-state index contributed by atoms with van der Waals surface area (Å²) >= 11 is 0.974. The Balaban J connectivity index is 1.58. The minimum absolute atomic E-state index is 0.106. The number of thiazole rings is 1. The Morgan fingerprint density at radius 1 is 1.03 bits per heavy atom. The highest BCUT2D eigenvalue weighted by Crippen LogP contribution is 2.21. The third-order valence-corrected chi connectivity index (χ3v) is 6.62. The summed E-state index contributed by atoms with van der Waals surface area (Å²) in [5.74, 6) is -1.75. The van der Waals surface area contributed by atoms with E-state index in [9.17, 15) is 19.2 Å². The molecule has 0 fully saturated rings. The summed E-state index contributed by atoms with van der Waals surface area (Å²) < 4.78 is 0. The van der Waals surface area contributed by atoms with Crippen molar-refractivity contribution in [1.29, 1.82) is 0 Å². The van der Waals surface area contributed by atoms with Crippen molar-refractivity contribution < 1.29 is 24.3 Å². The van der Waals surface area contributed by atoms with E-state index in [0.717, 1.165) is 27.7 Å². The lowest BCUT2D eigenvalue weighted by molar-refractivity contribution is -0.120. The molecule has 37 heavy (non-hydrogen) atoms. The monoisotopic (exact) mass is 516 g/mol. The third kappa shape index (κ3) is 6.17. The molecule has 3 aromatic carbocycles. The van der Waals surface area contributed by atoms with Gasteiger partial charge in [0.05, 0.1) is 0 Å². The lowest BCUT2D eigenvalue weighted by atomic mass is 10.0. The number of aromatic nitrogens is 1. The van der Waals surface area contributed by atoms with Gasteiger partial charge >= 0.3 is 12.0 Å². The summed E-state index contributed by atoms with van der Waals surface area (Å²) in [5.41, 5.74) is 1.24. The van der Waals surface area contributed by atoms with Crippen molar-refractivity contribution >= 4 is 51.4 Å². The fourth-order valence-corrected chi connectivity index (χ4v) is 4.53. The number of aromatic carboxylic acids is 1. The van der Waals surface area contributed by atoms with Crippen LogP contribution in [0.4, 0.5) is 9.93 Å². The number of hydrogen-bond acceptors (Lipinski definition) is 6. The molecule has 2 unspecified atom stereocenters. The lowest BCUT2D eigenvalue weighted by Crippen LogP contribution is -2.51. The van der Waals surface area contributed by atoms with E-state index >= 15 is 0 Å². The Hall–Kier alpha value is -4.57. The number of anilines is 1. The summed E-state index contributed by atoms with van der Waals surface area (Å²) in [7, 11) is 1.47. The predicted molar refractivity (Wildman–Crippen MR) is 141 cm³/mol. The van der Waals surface area contributed by atoms with E-state index in [0.29, 0.717) is 11.8 Å². The molecular weight excluding hydrogens is 492 g/mol. The first-order chi connectivity index (χ1) is 17.9. The van der Waals surface area contributed by atoms with E-state index in [4.69, 9.17) is 5.11 Å². The first kappa shape index (κ1) is 25.5. The molecule has 9 nitrogen and oxygen atoms in total. The SMILES string of the molecule is CN(C(=O)NC(C=O)c1ccccc1)C(Cc1ccc2ccccc2c1)C(=O)Nc1nc(C(=O)O)cs1. The van der Waals surface area contributed by atoms with Crippen molar-refractivity contribution in [2.24, 2.45) is 0 Å². The Morgan fingerprint density at radius 2 is 1.73 bits per heavy atom. The molecule has 0 saturated heterocycles. The number of fused-ring (bicyclic) bond motifs is 1. The summed E-state index contributed by atoms with van der Waals surface area (Å²) in [5, 5.41) is 17.9. The van der Waals surface area contributed by atoms with Crippen LogP contribution in [-0.2, 0) is 16.0 Å². The number of carboxylic acid groups (broad SMARTS) is 1. The number of benzene rings is 3. The van der Waals surface area contributed by atoms with Crippen molar-refractivity contribution in [2.75, 3.05) is 12.4 Å². The maximum absolute atomic E-state index is 13.3. The zero-order valence-electron chi connectivity index (χ0n) is 19.8. The van der Waals surface area contributed by atoms with Gasteiger partial charge in [-0.05, 0) is 21.9 Å². The fourth-order valence-electron chi connectivity index (χ4n) is 3.85. The second-order valence-corrected chi connectivity index (χ2v) is 9.18. The highest BCUT2D eigenvalue weighted by atomic mass is 32.1. The molecule has 188 valence electrons. The van der Waals surface area contributed by atoms with Gasteiger partial charge in [0.15, 0.2) is 10.8 Å². The van der Waals surface area contributed by atoms with Gasteiger partial charge in [-0.2, -0.15) is 0 Å². The number of hydrogen-bond donors (Lipinski definition) is 3. The fraction of sp³-hybridized carbons (Fsp3) is 0.148. The van der Waals surface area contributed by atoms with E-state index in [1.54, 1.807) is 30.3 Å². The number of urea groups is 1. The highest BCUT2D eigenvalue weighted by Gasteiger charge is 2.29. The molecule has 0 saturated carbocycles. The molecule has 0 bridgehead atoms. The number of rotatable bonds is 9. The smallest absolute Gasteiger partial charge is 0.355 e. The van der Waals surface area contributed by atoms with Gasteiger partial charge in [-0.15, -0.1) is 11.3 Å². The largest absolute Gasteiger partial charge is 0.476 e. The number of nitrogens with zero attached hydrogens (tertiary/aromatic N) is 2. The molecule has 3 amide bonds. The van der Waals surface area contributed by atoms with Gasteiger partial charge < -0.3 is 25.4 Å². The Labute approximate surface area is 216 Å². The van der Waals surface area contributed by atoms with E-state index in [1.807, 2.05) is 42.5 Å². The van der Waals surface area contributed by atoms with Gasteiger partial charge in [0.2, 0.25) is 5.91 Å². The molecule has 0 spiro atoms. The molecule has 1 heterocycles. The van der Waals surface area contributed by atoms with E-state index in [2.05, 4.69) is 15.6 Å². The van der Waals surface area contributed by atoms with Crippen LogP contribution in [0.2, 0.25) is 0 Å². The molecule has 2 atom stereocenters. The van der Waals surface area contributed by atoms with Gasteiger partial charge in [0.1, 0.15) is 18.4 Å². The van der Waals surface area contributed by atoms with Crippen LogP contribution in [0.15, 0.2) is 78.2 Å². The second-order valence-electron chi connectivity index (χ2n) is 8.32. The number of amides is 3. The Morgan fingerprint density at radius 3 is 2.41 bits per heavy atom. The number of aldehydes is 1. The zero-order chi connectivity index (χ0) is 26.4. The van der Waals surface area contributed by atoms with Gasteiger partial charge in [-0.3, -0.25) is 4.79 Å². The average molecular weight is 517 g/mol. The Bertz CT molecular complexity index is 1440. The lowest BCUT2D eigenvalue weighted by Gasteiger charge is -2.28. The van der Waals surface area contributed by atoms with Crippen molar-refractivity contribution in [3.8, 4) is 0 Å². The van der Waals surface area contributed by atoms with E-state index in [1.165, 1.54) is 17.3 Å². The molecule has 4 aromatic rings. The minimum atomic E-state index is -1.21. The standard InChI is InChI=1S/C27H24N4O5S/c1-31(27(36)29-21(15-32)19-8-3-2-4-9-19)23(24(33)30-26-28-22(16-37-26)25(34)35)14-17-11-12-18-7-5-6-10-20(18)13-17/h2-13,15-16,21,23H,14H2,1H3,(H,29,36)(H,34,35)(H,28,30,33). The maximum Gasteiger partial charge on any atom is 0.355 e. The van der Waals surface area contributed by atoms with Crippen LogP contribution in [0.1, 0.15) is 27.7 Å². The number of carbonyl (C=O) groups excluding carboxylic acids is 3. The summed E-state index contributed by atoms with van der Waals surface area (Å²) in [6.07, 6.45) is 0.803. The highest BCUT2D eigenvalue weighted by molar-refractivity contribution is 7.14. The summed E-state index contributed by atoms with van der Waals surface area (Å²) in [6.45, 7) is 0. The van der Waals surface area contributed by atoms with Crippen LogP contribution in [0, 0.1) is 0 Å². The topological polar surface area (TPSA) is 129 Å². The van der Waals surface area contributed by atoms with E-state index in [-0.39, 0.29) is 17.2 Å². The van der Waals surface area contributed by atoms with Crippen LogP contribution >= 0.6 is 11.3 Å². The summed E-state index contributed by atoms with van der Waals surface area (Å²) in [4.78, 5) is 54.5. The molecule has 0 aliphatic heterocycles. The molecule has 0 aliphatic rings. The third-order valence-electron chi connectivity index (χ3n) is 5.86. The quantitative estimate of drug-likeness (QED) is 0.287.